The molecular weight excluding hydrogens is 352 g/mol. The monoisotopic (exact) mass is 374 g/mol. The Morgan fingerprint density at radius 3 is 2.46 bits per heavy atom. The third-order valence-electron chi connectivity index (χ3n) is 4.64. The number of ether oxygens (including phenoxy) is 2. The maximum Gasteiger partial charge on any atom is 0.177 e. The summed E-state index contributed by atoms with van der Waals surface area (Å²) in [5.41, 5.74) is 2.42. The van der Waals surface area contributed by atoms with E-state index >= 15 is 0 Å². The van der Waals surface area contributed by atoms with Gasteiger partial charge in [-0.1, -0.05) is 24.3 Å². The molecule has 1 aliphatic heterocycles. The molecule has 0 saturated carbocycles. The van der Waals surface area contributed by atoms with E-state index in [1.54, 1.807) is 14.2 Å². The van der Waals surface area contributed by atoms with E-state index in [2.05, 4.69) is 23.2 Å². The minimum Gasteiger partial charge on any atom is -0.497 e. The van der Waals surface area contributed by atoms with Gasteiger partial charge in [0.1, 0.15) is 11.5 Å². The van der Waals surface area contributed by atoms with Gasteiger partial charge in [0.2, 0.25) is 0 Å². The van der Waals surface area contributed by atoms with Gasteiger partial charge < -0.3 is 19.7 Å². The summed E-state index contributed by atoms with van der Waals surface area (Å²) in [6.45, 7) is 2.12. The molecule has 1 aliphatic rings. The average molecular weight is 374 g/mol. The first-order valence-corrected chi connectivity index (χ1v) is 9.09. The zero-order valence-electron chi connectivity index (χ0n) is 16.1. The van der Waals surface area contributed by atoms with Crippen LogP contribution in [0.1, 0.15) is 6.92 Å². The Kier molecular flexibility index (Phi) is 4.85. The molecule has 2 heterocycles. The fourth-order valence-corrected chi connectivity index (χ4v) is 3.15. The summed E-state index contributed by atoms with van der Waals surface area (Å²) < 4.78 is 10.9. The van der Waals surface area contributed by atoms with Gasteiger partial charge >= 0.3 is 0 Å². The molecule has 3 aromatic rings. The van der Waals surface area contributed by atoms with E-state index in [9.17, 15) is 0 Å². The van der Waals surface area contributed by atoms with Crippen molar-refractivity contribution in [3.63, 3.8) is 0 Å². The lowest BCUT2D eigenvalue weighted by Crippen LogP contribution is -2.29. The minimum absolute atomic E-state index is 0.160. The van der Waals surface area contributed by atoms with E-state index < -0.39 is 0 Å². The van der Waals surface area contributed by atoms with Crippen LogP contribution in [-0.2, 0) is 0 Å². The van der Waals surface area contributed by atoms with E-state index in [-0.39, 0.29) is 6.04 Å². The van der Waals surface area contributed by atoms with Gasteiger partial charge in [-0.2, -0.15) is 0 Å². The van der Waals surface area contributed by atoms with Crippen LogP contribution in [-0.4, -0.2) is 30.2 Å². The number of aromatic nitrogens is 2. The average Bonchev–Trinajstić information content (AvgIpc) is 2.73. The van der Waals surface area contributed by atoms with Crippen molar-refractivity contribution in [2.45, 2.75) is 13.0 Å². The number of fused-ring (bicyclic) bond motifs is 1. The normalized spacial score (nSPS) is 15.7. The van der Waals surface area contributed by atoms with E-state index in [1.807, 2.05) is 60.8 Å². The summed E-state index contributed by atoms with van der Waals surface area (Å²) in [6.07, 6.45) is 8.16. The summed E-state index contributed by atoms with van der Waals surface area (Å²) in [5.74, 6) is 2.82. The Balaban J connectivity index is 1.84. The zero-order valence-corrected chi connectivity index (χ0v) is 16.1. The highest BCUT2D eigenvalue weighted by atomic mass is 16.5. The number of allylic oxidation sites excluding steroid dienone is 2. The number of hydrogen-bond donors (Lipinski definition) is 1. The Hall–Kier alpha value is -3.54. The molecule has 0 spiro atoms. The highest BCUT2D eigenvalue weighted by Gasteiger charge is 2.20. The van der Waals surface area contributed by atoms with E-state index in [1.165, 1.54) is 0 Å². The molecule has 6 heteroatoms. The largest absolute Gasteiger partial charge is 0.497 e. The van der Waals surface area contributed by atoms with Gasteiger partial charge in [0, 0.05) is 12.3 Å². The smallest absolute Gasteiger partial charge is 0.177 e. The number of para-hydroxylation sites is 2. The number of nitrogens with zero attached hydrogens (tertiary/aromatic N) is 3. The second-order valence-corrected chi connectivity index (χ2v) is 6.45. The van der Waals surface area contributed by atoms with Gasteiger partial charge in [-0.25, -0.2) is 9.97 Å². The second-order valence-electron chi connectivity index (χ2n) is 6.45. The van der Waals surface area contributed by atoms with Crippen LogP contribution in [0.5, 0.6) is 11.5 Å². The number of hydrogen-bond acceptors (Lipinski definition) is 6. The molecule has 0 aliphatic carbocycles. The molecule has 1 aromatic heterocycles. The molecule has 6 nitrogen and oxygen atoms in total. The molecule has 1 unspecified atom stereocenters. The maximum absolute atomic E-state index is 5.51. The minimum atomic E-state index is 0.160. The second kappa shape index (κ2) is 7.60. The predicted molar refractivity (Wildman–Crippen MR) is 113 cm³/mol. The van der Waals surface area contributed by atoms with Crippen LogP contribution in [0.2, 0.25) is 0 Å². The molecule has 142 valence electrons. The lowest BCUT2D eigenvalue weighted by molar-refractivity contribution is 0.405. The highest BCUT2D eigenvalue weighted by Crippen LogP contribution is 2.35. The molecule has 1 atom stereocenters. The van der Waals surface area contributed by atoms with Gasteiger partial charge in [0.15, 0.2) is 11.6 Å². The summed E-state index contributed by atoms with van der Waals surface area (Å²) in [7, 11) is 3.28. The van der Waals surface area contributed by atoms with Crippen molar-refractivity contribution >= 4 is 28.4 Å². The Morgan fingerprint density at radius 1 is 0.964 bits per heavy atom. The van der Waals surface area contributed by atoms with Crippen molar-refractivity contribution in [1.29, 1.82) is 0 Å². The number of benzene rings is 2. The van der Waals surface area contributed by atoms with Gasteiger partial charge in [-0.05, 0) is 37.3 Å². The lowest BCUT2D eigenvalue weighted by atomic mass is 10.2. The molecule has 0 radical (unpaired) electrons. The first kappa shape index (κ1) is 17.9. The fraction of sp³-hybridized carbons (Fsp3) is 0.182. The molecule has 4 rings (SSSR count). The number of nitrogens with one attached hydrogen (secondary N) is 1. The van der Waals surface area contributed by atoms with E-state index in [4.69, 9.17) is 19.4 Å². The predicted octanol–water partition coefficient (Wildman–Crippen LogP) is 4.67. The zero-order chi connectivity index (χ0) is 19.5. The summed E-state index contributed by atoms with van der Waals surface area (Å²) >= 11 is 0. The molecule has 28 heavy (non-hydrogen) atoms. The quantitative estimate of drug-likeness (QED) is 0.700. The highest BCUT2D eigenvalue weighted by molar-refractivity contribution is 5.83. The topological polar surface area (TPSA) is 59.5 Å². The van der Waals surface area contributed by atoms with Gasteiger partial charge in [-0.15, -0.1) is 0 Å². The maximum atomic E-state index is 5.51. The van der Waals surface area contributed by atoms with Crippen molar-refractivity contribution in [3.05, 3.63) is 66.9 Å². The molecule has 0 amide bonds. The van der Waals surface area contributed by atoms with Gasteiger partial charge in [-0.3, -0.25) is 0 Å². The lowest BCUT2D eigenvalue weighted by Gasteiger charge is -2.28. The van der Waals surface area contributed by atoms with Crippen molar-refractivity contribution in [1.82, 2.24) is 9.97 Å². The number of rotatable bonds is 5. The summed E-state index contributed by atoms with van der Waals surface area (Å²) in [6, 6.07) is 13.6. The van der Waals surface area contributed by atoms with Crippen molar-refractivity contribution in [2.75, 3.05) is 24.4 Å². The molecular formula is C22H22N4O2. The van der Waals surface area contributed by atoms with E-state index in [0.29, 0.717) is 11.6 Å². The summed E-state index contributed by atoms with van der Waals surface area (Å²) in [5, 5.41) is 3.40. The Labute approximate surface area is 164 Å². The van der Waals surface area contributed by atoms with Crippen LogP contribution < -0.4 is 19.7 Å². The number of anilines is 3. The van der Waals surface area contributed by atoms with Crippen LogP contribution in [0.3, 0.4) is 0 Å². The molecule has 0 saturated heterocycles. The fourth-order valence-electron chi connectivity index (χ4n) is 3.15. The number of methoxy groups -OCH3 is 2. The Morgan fingerprint density at radius 2 is 1.75 bits per heavy atom. The van der Waals surface area contributed by atoms with Crippen molar-refractivity contribution in [3.8, 4) is 11.5 Å². The van der Waals surface area contributed by atoms with Crippen LogP contribution >= 0.6 is 0 Å². The van der Waals surface area contributed by atoms with Gasteiger partial charge in [0.05, 0.1) is 37.0 Å². The molecule has 1 N–H and O–H groups in total. The van der Waals surface area contributed by atoms with Crippen LogP contribution in [0.25, 0.3) is 11.0 Å². The first-order chi connectivity index (χ1) is 13.7. The van der Waals surface area contributed by atoms with Crippen LogP contribution in [0, 0.1) is 0 Å². The SMILES string of the molecule is COc1ccc(OC)c(Nc2nc3ccccc3nc2N2C=CC=CC2C)c1. The third kappa shape index (κ3) is 3.36. The van der Waals surface area contributed by atoms with Crippen LogP contribution in [0.15, 0.2) is 66.9 Å². The molecule has 0 fully saturated rings. The standard InChI is InChI=1S/C22H22N4O2/c1-15-8-6-7-13-26(15)22-21(23-17-9-4-5-10-18(17)25-22)24-19-14-16(27-2)11-12-20(19)28-3/h4-15H,1-3H3,(H,23,24). The first-order valence-electron chi connectivity index (χ1n) is 9.09. The van der Waals surface area contributed by atoms with Crippen molar-refractivity contribution < 1.29 is 9.47 Å². The third-order valence-corrected chi connectivity index (χ3v) is 4.64. The van der Waals surface area contributed by atoms with Crippen molar-refractivity contribution in [2.24, 2.45) is 0 Å². The molecule has 2 aromatic carbocycles. The van der Waals surface area contributed by atoms with Gasteiger partial charge in [0.25, 0.3) is 0 Å². The van der Waals surface area contributed by atoms with E-state index in [0.717, 1.165) is 28.3 Å². The Bertz CT molecular complexity index is 1060. The molecule has 0 bridgehead atoms. The summed E-state index contributed by atoms with van der Waals surface area (Å²) in [4.78, 5) is 11.8. The van der Waals surface area contributed by atoms with Crippen LogP contribution in [0.4, 0.5) is 17.3 Å².